The van der Waals surface area contributed by atoms with Crippen molar-refractivity contribution in [2.24, 2.45) is 0 Å². The monoisotopic (exact) mass is 368 g/mol. The number of anilines is 3. The fraction of sp³-hybridized carbons (Fsp3) is 0. The lowest BCUT2D eigenvalue weighted by atomic mass is 10.3. The Hall–Kier alpha value is -1.32. The third-order valence-corrected chi connectivity index (χ3v) is 4.34. The molecular formula is C10H7Cl3N4O3S. The van der Waals surface area contributed by atoms with Crippen molar-refractivity contribution < 1.29 is 13.0 Å². The maximum atomic E-state index is 11.0. The SMILES string of the molecule is Nc1cc(Nc2nc(Cl)c(Cl)c(Cl)n2)ccc1S(=O)(=O)O. The van der Waals surface area contributed by atoms with E-state index in [9.17, 15) is 8.42 Å². The second kappa shape index (κ2) is 5.82. The number of nitrogens with one attached hydrogen (secondary N) is 1. The topological polar surface area (TPSA) is 118 Å². The number of rotatable bonds is 3. The molecule has 2 aromatic rings. The molecule has 1 aromatic carbocycles. The van der Waals surface area contributed by atoms with Gasteiger partial charge in [-0.2, -0.15) is 18.4 Å². The van der Waals surface area contributed by atoms with Gasteiger partial charge in [-0.3, -0.25) is 4.55 Å². The van der Waals surface area contributed by atoms with Crippen molar-refractivity contribution in [2.75, 3.05) is 11.1 Å². The molecular weight excluding hydrogens is 363 g/mol. The average molecular weight is 370 g/mol. The lowest BCUT2D eigenvalue weighted by molar-refractivity contribution is 0.483. The van der Waals surface area contributed by atoms with E-state index in [1.54, 1.807) is 0 Å². The quantitative estimate of drug-likeness (QED) is 0.432. The van der Waals surface area contributed by atoms with Crippen LogP contribution in [-0.2, 0) is 10.1 Å². The van der Waals surface area contributed by atoms with Gasteiger partial charge in [0.1, 0.15) is 9.92 Å². The number of benzene rings is 1. The summed E-state index contributed by atoms with van der Waals surface area (Å²) in [5.41, 5.74) is 5.78. The summed E-state index contributed by atoms with van der Waals surface area (Å²) in [6, 6.07) is 3.77. The Morgan fingerprint density at radius 3 is 2.19 bits per heavy atom. The summed E-state index contributed by atoms with van der Waals surface area (Å²) >= 11 is 17.2. The summed E-state index contributed by atoms with van der Waals surface area (Å²) in [4.78, 5) is 7.29. The van der Waals surface area contributed by atoms with Gasteiger partial charge < -0.3 is 11.1 Å². The number of aromatic nitrogens is 2. The highest BCUT2D eigenvalue weighted by Gasteiger charge is 2.15. The first-order chi connectivity index (χ1) is 9.68. The van der Waals surface area contributed by atoms with E-state index >= 15 is 0 Å². The van der Waals surface area contributed by atoms with Crippen molar-refractivity contribution in [3.05, 3.63) is 33.5 Å². The van der Waals surface area contributed by atoms with Crippen LogP contribution >= 0.6 is 34.8 Å². The van der Waals surface area contributed by atoms with Crippen LogP contribution in [0.1, 0.15) is 0 Å². The van der Waals surface area contributed by atoms with Crippen molar-refractivity contribution in [3.63, 3.8) is 0 Å². The van der Waals surface area contributed by atoms with Gasteiger partial charge >= 0.3 is 0 Å². The van der Waals surface area contributed by atoms with Crippen LogP contribution in [0, 0.1) is 0 Å². The molecule has 4 N–H and O–H groups in total. The molecule has 0 saturated heterocycles. The van der Waals surface area contributed by atoms with E-state index in [2.05, 4.69) is 15.3 Å². The largest absolute Gasteiger partial charge is 0.398 e. The average Bonchev–Trinajstić information content (AvgIpc) is 2.34. The molecule has 0 unspecified atom stereocenters. The van der Waals surface area contributed by atoms with Gasteiger partial charge in [0.2, 0.25) is 5.95 Å². The molecule has 0 aliphatic heterocycles. The van der Waals surface area contributed by atoms with E-state index < -0.39 is 15.0 Å². The van der Waals surface area contributed by atoms with E-state index in [1.165, 1.54) is 12.1 Å². The summed E-state index contributed by atoms with van der Waals surface area (Å²) in [7, 11) is -4.39. The molecule has 1 aromatic heterocycles. The molecule has 0 atom stereocenters. The second-order valence-electron chi connectivity index (χ2n) is 3.80. The molecule has 0 spiro atoms. The lowest BCUT2D eigenvalue weighted by Crippen LogP contribution is -2.04. The minimum atomic E-state index is -4.39. The van der Waals surface area contributed by atoms with E-state index in [-0.39, 0.29) is 27.0 Å². The van der Waals surface area contributed by atoms with Crippen LogP contribution in [0.25, 0.3) is 0 Å². The normalized spacial score (nSPS) is 11.4. The molecule has 2 rings (SSSR count). The Bertz CT molecular complexity index is 790. The Balaban J connectivity index is 2.35. The molecule has 0 fully saturated rings. The molecule has 0 saturated carbocycles. The number of hydrogen-bond acceptors (Lipinski definition) is 6. The summed E-state index contributed by atoms with van der Waals surface area (Å²) in [6.07, 6.45) is 0. The standard InChI is InChI=1S/C10H7Cl3N4O3S/c11-7-8(12)16-10(17-9(7)13)15-4-1-2-6(5(14)3-4)21(18,19)20/h1-3H,14H2,(H,15,16,17)(H,18,19,20). The van der Waals surface area contributed by atoms with Gasteiger partial charge in [-0.15, -0.1) is 0 Å². The first kappa shape index (κ1) is 16.1. The predicted octanol–water partition coefficient (Wildman–Crippen LogP) is 3.01. The fourth-order valence-electron chi connectivity index (χ4n) is 1.44. The second-order valence-corrected chi connectivity index (χ2v) is 6.28. The zero-order chi connectivity index (χ0) is 15.8. The highest BCUT2D eigenvalue weighted by Crippen LogP contribution is 2.29. The maximum Gasteiger partial charge on any atom is 0.296 e. The van der Waals surface area contributed by atoms with Crippen molar-refractivity contribution >= 4 is 62.2 Å². The number of nitrogen functional groups attached to an aromatic ring is 1. The van der Waals surface area contributed by atoms with E-state index in [0.29, 0.717) is 5.69 Å². The minimum Gasteiger partial charge on any atom is -0.398 e. The molecule has 0 radical (unpaired) electrons. The van der Waals surface area contributed by atoms with Crippen LogP contribution < -0.4 is 11.1 Å². The molecule has 0 amide bonds. The molecule has 112 valence electrons. The maximum absolute atomic E-state index is 11.0. The first-order valence-electron chi connectivity index (χ1n) is 5.21. The van der Waals surface area contributed by atoms with Gasteiger partial charge in [0.05, 0.1) is 5.69 Å². The van der Waals surface area contributed by atoms with Crippen molar-refractivity contribution in [1.29, 1.82) is 0 Å². The molecule has 7 nitrogen and oxygen atoms in total. The zero-order valence-corrected chi connectivity index (χ0v) is 13.1. The van der Waals surface area contributed by atoms with Crippen molar-refractivity contribution in [3.8, 4) is 0 Å². The summed E-state index contributed by atoms with van der Waals surface area (Å²) in [5, 5.41) is 2.66. The summed E-state index contributed by atoms with van der Waals surface area (Å²) < 4.78 is 31.0. The third kappa shape index (κ3) is 3.66. The van der Waals surface area contributed by atoms with Crippen LogP contribution in [0.15, 0.2) is 23.1 Å². The third-order valence-electron chi connectivity index (χ3n) is 2.31. The Morgan fingerprint density at radius 2 is 1.71 bits per heavy atom. The summed E-state index contributed by atoms with van der Waals surface area (Å²) in [6.45, 7) is 0. The first-order valence-corrected chi connectivity index (χ1v) is 7.78. The molecule has 1 heterocycles. The fourth-order valence-corrected chi connectivity index (χ4v) is 2.51. The van der Waals surface area contributed by atoms with E-state index in [0.717, 1.165) is 6.07 Å². The predicted molar refractivity (Wildman–Crippen MR) is 81.0 cm³/mol. The van der Waals surface area contributed by atoms with E-state index in [1.807, 2.05) is 0 Å². The van der Waals surface area contributed by atoms with Gasteiger partial charge in [0, 0.05) is 5.69 Å². The lowest BCUT2D eigenvalue weighted by Gasteiger charge is -2.09. The van der Waals surface area contributed by atoms with Crippen LogP contribution in [0.3, 0.4) is 0 Å². The van der Waals surface area contributed by atoms with Gasteiger partial charge in [-0.1, -0.05) is 34.8 Å². The Kier molecular flexibility index (Phi) is 4.45. The van der Waals surface area contributed by atoms with Gasteiger partial charge in [0.15, 0.2) is 10.3 Å². The minimum absolute atomic E-state index is 0.0186. The number of nitrogens with two attached hydrogens (primary N) is 1. The summed E-state index contributed by atoms with van der Waals surface area (Å²) in [5.74, 6) is 0.0494. The van der Waals surface area contributed by atoms with Gasteiger partial charge in [-0.05, 0) is 18.2 Å². The Morgan fingerprint density at radius 1 is 1.14 bits per heavy atom. The molecule has 0 aliphatic rings. The Labute approximate surface area is 134 Å². The zero-order valence-electron chi connectivity index (χ0n) is 10.0. The van der Waals surface area contributed by atoms with Crippen LogP contribution in [-0.4, -0.2) is 22.9 Å². The van der Waals surface area contributed by atoms with Gasteiger partial charge in [-0.25, -0.2) is 0 Å². The molecule has 0 bridgehead atoms. The van der Waals surface area contributed by atoms with Crippen molar-refractivity contribution in [2.45, 2.75) is 4.90 Å². The molecule has 0 aliphatic carbocycles. The molecule has 21 heavy (non-hydrogen) atoms. The van der Waals surface area contributed by atoms with Crippen LogP contribution in [0.2, 0.25) is 15.3 Å². The number of nitrogens with zero attached hydrogens (tertiary/aromatic N) is 2. The smallest absolute Gasteiger partial charge is 0.296 e. The van der Waals surface area contributed by atoms with E-state index in [4.69, 9.17) is 45.1 Å². The number of halogens is 3. The van der Waals surface area contributed by atoms with Crippen molar-refractivity contribution in [1.82, 2.24) is 9.97 Å². The highest BCUT2D eigenvalue weighted by molar-refractivity contribution is 7.86. The van der Waals surface area contributed by atoms with Gasteiger partial charge in [0.25, 0.3) is 10.1 Å². The molecule has 11 heteroatoms. The van der Waals surface area contributed by atoms with Crippen LogP contribution in [0.4, 0.5) is 17.3 Å². The number of hydrogen-bond donors (Lipinski definition) is 3. The highest BCUT2D eigenvalue weighted by atomic mass is 35.5. The van der Waals surface area contributed by atoms with Crippen LogP contribution in [0.5, 0.6) is 0 Å².